The van der Waals surface area contributed by atoms with Crippen molar-refractivity contribution in [1.29, 1.82) is 0 Å². The van der Waals surface area contributed by atoms with Crippen molar-refractivity contribution in [3.63, 3.8) is 0 Å². The van der Waals surface area contributed by atoms with Gasteiger partial charge in [0.25, 0.3) is 0 Å². The van der Waals surface area contributed by atoms with Crippen molar-refractivity contribution in [3.8, 4) is 0 Å². The highest BCUT2D eigenvalue weighted by Gasteiger charge is 2.64. The van der Waals surface area contributed by atoms with Crippen LogP contribution in [0.25, 0.3) is 0 Å². The van der Waals surface area contributed by atoms with Crippen LogP contribution in [0, 0.1) is 34.5 Å². The number of amides is 1. The van der Waals surface area contributed by atoms with Crippen LogP contribution in [0.4, 0.5) is 0 Å². The topological polar surface area (TPSA) is 82.0 Å². The number of fused-ring (bicyclic) bond motifs is 5. The molecule has 8 atom stereocenters. The predicted octanol–water partition coefficient (Wildman–Crippen LogP) is 3.65. The molecule has 31 heavy (non-hydrogen) atoms. The second-order valence-electron chi connectivity index (χ2n) is 11.2. The number of carbonyl (C=O) groups is 2. The molecular formula is C24H38ClN3O3. The molecule has 6 nitrogen and oxygen atoms in total. The van der Waals surface area contributed by atoms with Crippen molar-refractivity contribution in [2.24, 2.45) is 39.7 Å². The Kier molecular flexibility index (Phi) is 6.19. The van der Waals surface area contributed by atoms with Crippen LogP contribution in [-0.2, 0) is 9.59 Å². The average Bonchev–Trinajstić information content (AvgIpc) is 3.37. The number of rotatable bonds is 3. The van der Waals surface area contributed by atoms with Crippen molar-refractivity contribution in [3.05, 3.63) is 0 Å². The van der Waals surface area contributed by atoms with Crippen LogP contribution in [0.2, 0.25) is 0 Å². The number of ketones is 1. The molecule has 0 radical (unpaired) electrons. The molecule has 7 heteroatoms. The minimum absolute atomic E-state index is 0. The first kappa shape index (κ1) is 23.0. The highest BCUT2D eigenvalue weighted by molar-refractivity contribution is 5.92. The molecule has 174 valence electrons. The second kappa shape index (κ2) is 8.33. The lowest BCUT2D eigenvalue weighted by Crippen LogP contribution is -2.64. The molecule has 0 spiro atoms. The molecule has 0 aromatic rings. The summed E-state index contributed by atoms with van der Waals surface area (Å²) < 4.78 is 0. The Morgan fingerprint density at radius 2 is 1.90 bits per heavy atom. The number of oxime groups is 1. The fourth-order valence-corrected chi connectivity index (χ4v) is 8.68. The number of hydrogen-bond acceptors (Lipinski definition) is 5. The lowest BCUT2D eigenvalue weighted by molar-refractivity contribution is -0.136. The number of halogens is 1. The minimum atomic E-state index is -0.240. The maximum absolute atomic E-state index is 12.8. The molecule has 0 bridgehead atoms. The van der Waals surface area contributed by atoms with E-state index in [-0.39, 0.29) is 29.3 Å². The maximum Gasteiger partial charge on any atom is 0.207 e. The number of likely N-dealkylation sites (tertiary alicyclic amines) is 1. The summed E-state index contributed by atoms with van der Waals surface area (Å²) in [5.41, 5.74) is 0.600. The monoisotopic (exact) mass is 451 g/mol. The molecule has 1 amide bonds. The van der Waals surface area contributed by atoms with Gasteiger partial charge in [0.2, 0.25) is 6.41 Å². The summed E-state index contributed by atoms with van der Waals surface area (Å²) in [6.07, 6.45) is 9.84. The van der Waals surface area contributed by atoms with E-state index in [4.69, 9.17) is 0 Å². The van der Waals surface area contributed by atoms with Gasteiger partial charge in [0, 0.05) is 35.8 Å². The van der Waals surface area contributed by atoms with Gasteiger partial charge in [-0.1, -0.05) is 19.0 Å². The van der Waals surface area contributed by atoms with Crippen molar-refractivity contribution in [2.45, 2.75) is 83.7 Å². The number of hydrogen-bond donors (Lipinski definition) is 2. The summed E-state index contributed by atoms with van der Waals surface area (Å²) in [6, 6.07) is 0.574. The van der Waals surface area contributed by atoms with E-state index in [0.29, 0.717) is 41.9 Å². The zero-order valence-electron chi connectivity index (χ0n) is 18.9. The van der Waals surface area contributed by atoms with Crippen molar-refractivity contribution in [2.75, 3.05) is 13.1 Å². The minimum Gasteiger partial charge on any atom is -0.411 e. The molecule has 5 fully saturated rings. The van der Waals surface area contributed by atoms with E-state index < -0.39 is 0 Å². The third-order valence-corrected chi connectivity index (χ3v) is 10.3. The van der Waals surface area contributed by atoms with Crippen LogP contribution in [0.1, 0.15) is 71.6 Å². The van der Waals surface area contributed by atoms with Crippen LogP contribution in [-0.4, -0.2) is 53.2 Å². The molecule has 1 aliphatic heterocycles. The zero-order chi connectivity index (χ0) is 21.1. The number of nitrogens with zero attached hydrogens (tertiary/aromatic N) is 2. The van der Waals surface area contributed by atoms with Crippen molar-refractivity contribution < 1.29 is 14.8 Å². The van der Waals surface area contributed by atoms with Gasteiger partial charge in [0.05, 0.1) is 5.71 Å². The number of Topliss-reactive ketones (excluding diaryl/α,β-unsaturated/α-hetero) is 1. The molecule has 5 rings (SSSR count). The molecule has 4 saturated carbocycles. The van der Waals surface area contributed by atoms with Crippen LogP contribution in [0.15, 0.2) is 5.16 Å². The van der Waals surface area contributed by atoms with Gasteiger partial charge in [-0.15, -0.1) is 12.4 Å². The Balaban J connectivity index is 0.00000231. The predicted molar refractivity (Wildman–Crippen MR) is 122 cm³/mol. The van der Waals surface area contributed by atoms with Crippen molar-refractivity contribution >= 4 is 30.3 Å². The van der Waals surface area contributed by atoms with Gasteiger partial charge >= 0.3 is 0 Å². The summed E-state index contributed by atoms with van der Waals surface area (Å²) in [5, 5.41) is 17.3. The molecule has 1 saturated heterocycles. The molecular weight excluding hydrogens is 414 g/mol. The van der Waals surface area contributed by atoms with Gasteiger partial charge in [0.1, 0.15) is 5.78 Å². The van der Waals surface area contributed by atoms with Gasteiger partial charge in [-0.3, -0.25) is 14.5 Å². The summed E-state index contributed by atoms with van der Waals surface area (Å²) in [6.45, 7) is 6.80. The Labute approximate surface area is 192 Å². The van der Waals surface area contributed by atoms with Gasteiger partial charge in [-0.25, -0.2) is 0 Å². The van der Waals surface area contributed by atoms with Gasteiger partial charge in [0.15, 0.2) is 0 Å². The second-order valence-corrected chi connectivity index (χ2v) is 11.2. The molecule has 4 aliphatic carbocycles. The quantitative estimate of drug-likeness (QED) is 0.390. The van der Waals surface area contributed by atoms with Crippen LogP contribution in [0.3, 0.4) is 0 Å². The van der Waals surface area contributed by atoms with E-state index in [1.54, 1.807) is 0 Å². The Morgan fingerprint density at radius 1 is 1.16 bits per heavy atom. The van der Waals surface area contributed by atoms with Crippen LogP contribution >= 0.6 is 12.4 Å². The lowest BCUT2D eigenvalue weighted by atomic mass is 9.43. The Morgan fingerprint density at radius 3 is 2.58 bits per heavy atom. The fraction of sp³-hybridized carbons (Fsp3) is 0.875. The largest absolute Gasteiger partial charge is 0.411 e. The first-order valence-electron chi connectivity index (χ1n) is 12.1. The van der Waals surface area contributed by atoms with Crippen LogP contribution < -0.4 is 5.32 Å². The average molecular weight is 452 g/mol. The normalized spacial score (nSPS) is 48.5. The highest BCUT2D eigenvalue weighted by atomic mass is 35.5. The zero-order valence-corrected chi connectivity index (χ0v) is 19.7. The maximum atomic E-state index is 12.8. The first-order chi connectivity index (χ1) is 14.4. The van der Waals surface area contributed by atoms with Gasteiger partial charge in [-0.05, 0) is 81.7 Å². The van der Waals surface area contributed by atoms with E-state index in [0.717, 1.165) is 63.7 Å². The standard InChI is InChI=1S/C24H37N3O3.ClH/c1-23-8-7-18-22(17(23)5-6-21(23)29)19(25-14-28)12-15-11-16(27-9-3-4-10-27)13-20(26-30)24(15,18)2;/h14-19,22,30H,3-13H2,1-2H3,(H,25,28);1H/t15?,16?,17-,18+,19?,22-,23-,24-;/m0./s1. The molecule has 2 N–H and O–H groups in total. The smallest absolute Gasteiger partial charge is 0.207 e. The first-order valence-corrected chi connectivity index (χ1v) is 12.1. The summed E-state index contributed by atoms with van der Waals surface area (Å²) in [4.78, 5) is 26.9. The third kappa shape index (κ3) is 3.26. The number of carbonyl (C=O) groups excluding carboxylic acids is 2. The molecule has 1 heterocycles. The fourth-order valence-electron chi connectivity index (χ4n) is 8.68. The number of nitrogens with one attached hydrogen (secondary N) is 1. The Bertz CT molecular complexity index is 754. The lowest BCUT2D eigenvalue weighted by Gasteiger charge is -2.62. The van der Waals surface area contributed by atoms with E-state index in [2.05, 4.69) is 29.2 Å². The van der Waals surface area contributed by atoms with E-state index in [1.165, 1.54) is 12.8 Å². The molecule has 0 aromatic heterocycles. The molecule has 3 unspecified atom stereocenters. The van der Waals surface area contributed by atoms with E-state index in [9.17, 15) is 14.8 Å². The molecule has 5 aliphatic rings. The SMILES string of the molecule is C[C@]12C(=NO)CC(N3CCCC3)CC1CC(NC=O)[C@@H]1[C@H]2CC[C@]2(C)C(=O)CC[C@@H]12.Cl. The summed E-state index contributed by atoms with van der Waals surface area (Å²) in [7, 11) is 0. The van der Waals surface area contributed by atoms with Crippen molar-refractivity contribution in [1.82, 2.24) is 10.2 Å². The van der Waals surface area contributed by atoms with Crippen LogP contribution in [0.5, 0.6) is 0 Å². The summed E-state index contributed by atoms with van der Waals surface area (Å²) >= 11 is 0. The highest BCUT2D eigenvalue weighted by Crippen LogP contribution is 2.65. The summed E-state index contributed by atoms with van der Waals surface area (Å²) in [5.74, 6) is 1.81. The van der Waals surface area contributed by atoms with Gasteiger partial charge < -0.3 is 10.5 Å². The molecule has 0 aromatic carbocycles. The van der Waals surface area contributed by atoms with E-state index in [1.807, 2.05) is 0 Å². The van der Waals surface area contributed by atoms with Gasteiger partial charge in [-0.2, -0.15) is 0 Å². The Hall–Kier alpha value is -1.14. The third-order valence-electron chi connectivity index (χ3n) is 10.3. The van der Waals surface area contributed by atoms with E-state index >= 15 is 0 Å².